The van der Waals surface area contributed by atoms with E-state index in [9.17, 15) is 28.1 Å². The van der Waals surface area contributed by atoms with Gasteiger partial charge in [-0.15, -0.1) is 0 Å². The van der Waals surface area contributed by atoms with E-state index in [0.29, 0.717) is 0 Å². The van der Waals surface area contributed by atoms with Crippen molar-refractivity contribution < 1.29 is 28.0 Å². The van der Waals surface area contributed by atoms with Gasteiger partial charge in [-0.3, -0.25) is 14.9 Å². The number of hydrogen-bond donors (Lipinski definition) is 2. The van der Waals surface area contributed by atoms with Gasteiger partial charge in [-0.25, -0.2) is 0 Å². The third-order valence-corrected chi connectivity index (χ3v) is 2.54. The van der Waals surface area contributed by atoms with Gasteiger partial charge < -0.3 is 10.4 Å². The minimum Gasteiger partial charge on any atom is -0.382 e. The topological polar surface area (TPSA) is 92.5 Å². The Labute approximate surface area is 115 Å². The number of benzene rings is 1. The number of nitrogens with zero attached hydrogens (tertiary/aromatic N) is 1. The minimum absolute atomic E-state index is 0.157. The first-order valence-corrected chi connectivity index (χ1v) is 5.47. The Hall–Kier alpha value is -1.87. The van der Waals surface area contributed by atoms with Gasteiger partial charge in [-0.2, -0.15) is 13.2 Å². The number of aliphatic hydroxyl groups excluding tert-OH is 1. The van der Waals surface area contributed by atoms with Crippen molar-refractivity contribution >= 4 is 23.2 Å². The van der Waals surface area contributed by atoms with Gasteiger partial charge in [0.05, 0.1) is 11.5 Å². The maximum atomic E-state index is 12.0. The normalized spacial score (nSPS) is 12.8. The number of carbonyl (C=O) groups excluding carboxylic acids is 1. The summed E-state index contributed by atoms with van der Waals surface area (Å²) in [5.74, 6) is -0.940. The molecule has 1 unspecified atom stereocenters. The lowest BCUT2D eigenvalue weighted by molar-refractivity contribution is -0.384. The summed E-state index contributed by atoms with van der Waals surface area (Å²) in [6.45, 7) is -1.03. The number of nitro groups is 1. The van der Waals surface area contributed by atoms with Crippen molar-refractivity contribution in [2.75, 3.05) is 6.54 Å². The van der Waals surface area contributed by atoms with Crippen LogP contribution in [0.15, 0.2) is 18.2 Å². The van der Waals surface area contributed by atoms with Crippen molar-refractivity contribution in [3.8, 4) is 0 Å². The summed E-state index contributed by atoms with van der Waals surface area (Å²) in [5, 5.41) is 20.7. The van der Waals surface area contributed by atoms with Crippen molar-refractivity contribution in [2.45, 2.75) is 12.3 Å². The second kappa shape index (κ2) is 6.06. The molecule has 0 heterocycles. The first-order valence-electron chi connectivity index (χ1n) is 5.10. The van der Waals surface area contributed by atoms with Crippen LogP contribution in [0.1, 0.15) is 10.4 Å². The summed E-state index contributed by atoms with van der Waals surface area (Å²) in [6.07, 6.45) is -7.54. The fourth-order valence-corrected chi connectivity index (χ4v) is 1.45. The molecule has 1 atom stereocenters. The minimum atomic E-state index is -4.85. The predicted octanol–water partition coefficient (Wildman–Crippen LogP) is 1.90. The molecule has 0 aliphatic rings. The van der Waals surface area contributed by atoms with E-state index in [1.54, 1.807) is 0 Å². The lowest BCUT2D eigenvalue weighted by Crippen LogP contribution is -2.40. The van der Waals surface area contributed by atoms with Gasteiger partial charge in [0, 0.05) is 11.6 Å². The van der Waals surface area contributed by atoms with Gasteiger partial charge in [0.25, 0.3) is 11.6 Å². The molecule has 0 saturated heterocycles. The van der Waals surface area contributed by atoms with Crippen LogP contribution in [0.4, 0.5) is 18.9 Å². The maximum Gasteiger partial charge on any atom is 0.416 e. The van der Waals surface area contributed by atoms with Crippen LogP contribution in [0.2, 0.25) is 5.02 Å². The van der Waals surface area contributed by atoms with Crippen LogP contribution < -0.4 is 5.32 Å². The fourth-order valence-electron chi connectivity index (χ4n) is 1.20. The number of alkyl halides is 3. The van der Waals surface area contributed by atoms with Crippen molar-refractivity contribution in [1.29, 1.82) is 0 Å². The molecule has 0 spiro atoms. The highest BCUT2D eigenvalue weighted by Gasteiger charge is 2.38. The summed E-state index contributed by atoms with van der Waals surface area (Å²) in [5.41, 5.74) is -0.589. The largest absolute Gasteiger partial charge is 0.416 e. The Morgan fingerprint density at radius 3 is 2.55 bits per heavy atom. The predicted molar refractivity (Wildman–Crippen MR) is 62.5 cm³/mol. The molecular formula is C10H8ClF3N2O4. The van der Waals surface area contributed by atoms with E-state index < -0.39 is 35.3 Å². The molecule has 2 N–H and O–H groups in total. The van der Waals surface area contributed by atoms with Gasteiger partial charge in [-0.1, -0.05) is 11.6 Å². The van der Waals surface area contributed by atoms with Gasteiger partial charge >= 0.3 is 6.18 Å². The molecule has 110 valence electrons. The van der Waals surface area contributed by atoms with E-state index in [4.69, 9.17) is 16.7 Å². The van der Waals surface area contributed by atoms with Crippen molar-refractivity contribution in [1.82, 2.24) is 5.32 Å². The number of aliphatic hydroxyl groups is 1. The van der Waals surface area contributed by atoms with E-state index in [1.807, 2.05) is 5.32 Å². The lowest BCUT2D eigenvalue weighted by Gasteiger charge is -2.15. The zero-order valence-electron chi connectivity index (χ0n) is 9.65. The molecular weight excluding hydrogens is 305 g/mol. The van der Waals surface area contributed by atoms with E-state index >= 15 is 0 Å². The third-order valence-electron chi connectivity index (χ3n) is 2.24. The van der Waals surface area contributed by atoms with E-state index in [-0.39, 0.29) is 10.6 Å². The number of nitro benzene ring substituents is 1. The highest BCUT2D eigenvalue weighted by molar-refractivity contribution is 6.33. The zero-order valence-corrected chi connectivity index (χ0v) is 10.4. The number of carbonyl (C=O) groups is 1. The molecule has 0 aromatic heterocycles. The average molecular weight is 313 g/mol. The molecule has 6 nitrogen and oxygen atoms in total. The zero-order chi connectivity index (χ0) is 15.5. The number of amides is 1. The van der Waals surface area contributed by atoms with Crippen LogP contribution in [-0.4, -0.2) is 34.8 Å². The second-order valence-corrected chi connectivity index (χ2v) is 4.10. The SMILES string of the molecule is O=C(NCC(O)C(F)(F)F)c1ccc([N+](=O)[O-])c(Cl)c1. The Morgan fingerprint density at radius 2 is 2.10 bits per heavy atom. The summed E-state index contributed by atoms with van der Waals surface area (Å²) >= 11 is 5.55. The van der Waals surface area contributed by atoms with Crippen LogP contribution in [0.5, 0.6) is 0 Å². The molecule has 0 bridgehead atoms. The maximum absolute atomic E-state index is 12.0. The number of halogens is 4. The molecule has 10 heteroatoms. The summed E-state index contributed by atoms with van der Waals surface area (Å²) in [6, 6.07) is 2.95. The van der Waals surface area contributed by atoms with E-state index in [1.165, 1.54) is 0 Å². The Morgan fingerprint density at radius 1 is 1.50 bits per heavy atom. The van der Waals surface area contributed by atoms with Crippen LogP contribution >= 0.6 is 11.6 Å². The Kier molecular flexibility index (Phi) is 4.90. The van der Waals surface area contributed by atoms with Crippen molar-refractivity contribution in [2.24, 2.45) is 0 Å². The smallest absolute Gasteiger partial charge is 0.382 e. The molecule has 0 radical (unpaired) electrons. The summed E-state index contributed by atoms with van der Waals surface area (Å²) in [4.78, 5) is 21.2. The second-order valence-electron chi connectivity index (χ2n) is 3.69. The summed E-state index contributed by atoms with van der Waals surface area (Å²) < 4.78 is 36.0. The van der Waals surface area contributed by atoms with Gasteiger partial charge in [0.15, 0.2) is 6.10 Å². The molecule has 1 aromatic rings. The van der Waals surface area contributed by atoms with Crippen LogP contribution in [0.3, 0.4) is 0 Å². The van der Waals surface area contributed by atoms with Gasteiger partial charge in [0.1, 0.15) is 5.02 Å². The summed E-state index contributed by atoms with van der Waals surface area (Å²) in [7, 11) is 0. The van der Waals surface area contributed by atoms with Crippen LogP contribution in [-0.2, 0) is 0 Å². The number of hydrogen-bond acceptors (Lipinski definition) is 4. The fraction of sp³-hybridized carbons (Fsp3) is 0.300. The lowest BCUT2D eigenvalue weighted by atomic mass is 10.2. The Bertz CT molecular complexity index is 536. The standard InChI is InChI=1S/C10H8ClF3N2O4/c11-6-3-5(1-2-7(6)16(19)20)9(18)15-4-8(17)10(12,13)14/h1-3,8,17H,4H2,(H,15,18). The first kappa shape index (κ1) is 16.2. The molecule has 20 heavy (non-hydrogen) atoms. The molecule has 1 amide bonds. The highest BCUT2D eigenvalue weighted by atomic mass is 35.5. The van der Waals surface area contributed by atoms with Gasteiger partial charge in [0.2, 0.25) is 0 Å². The van der Waals surface area contributed by atoms with E-state index in [0.717, 1.165) is 18.2 Å². The molecule has 1 rings (SSSR count). The molecule has 0 saturated carbocycles. The van der Waals surface area contributed by atoms with Crippen LogP contribution in [0, 0.1) is 10.1 Å². The number of rotatable bonds is 4. The monoisotopic (exact) mass is 312 g/mol. The van der Waals surface area contributed by atoms with E-state index in [2.05, 4.69) is 0 Å². The molecule has 0 aliphatic heterocycles. The van der Waals surface area contributed by atoms with Crippen LogP contribution in [0.25, 0.3) is 0 Å². The van der Waals surface area contributed by atoms with Crippen molar-refractivity contribution in [3.05, 3.63) is 38.9 Å². The average Bonchev–Trinajstić information content (AvgIpc) is 2.33. The highest BCUT2D eigenvalue weighted by Crippen LogP contribution is 2.25. The Balaban J connectivity index is 2.74. The third kappa shape index (κ3) is 4.07. The number of nitrogens with one attached hydrogen (secondary N) is 1. The van der Waals surface area contributed by atoms with Crippen molar-refractivity contribution in [3.63, 3.8) is 0 Å². The van der Waals surface area contributed by atoms with Gasteiger partial charge in [-0.05, 0) is 12.1 Å². The molecule has 1 aromatic carbocycles. The first-order chi connectivity index (χ1) is 9.12. The quantitative estimate of drug-likeness (QED) is 0.656. The molecule has 0 aliphatic carbocycles. The molecule has 0 fully saturated rings.